The Balaban J connectivity index is 2.44. The fourth-order valence-electron chi connectivity index (χ4n) is 2.59. The van der Waals surface area contributed by atoms with Gasteiger partial charge in [0.25, 0.3) is 0 Å². The number of hydrogen-bond donors (Lipinski definition) is 6. The Bertz CT molecular complexity index is 451. The maximum absolute atomic E-state index is 12.4. The Hall–Kier alpha value is -1.87. The van der Waals surface area contributed by atoms with Crippen LogP contribution in [0.3, 0.4) is 0 Å². The highest BCUT2D eigenvalue weighted by Crippen LogP contribution is 2.11. The summed E-state index contributed by atoms with van der Waals surface area (Å²) in [5, 5.41) is 15.6. The molecule has 9 heteroatoms. The van der Waals surface area contributed by atoms with Crippen molar-refractivity contribution in [1.82, 2.24) is 16.0 Å². The van der Waals surface area contributed by atoms with Gasteiger partial charge in [0.15, 0.2) is 5.96 Å². The van der Waals surface area contributed by atoms with Crippen molar-refractivity contribution in [3.05, 3.63) is 0 Å². The molecule has 3 atom stereocenters. The number of carbonyl (C=O) groups is 2. The summed E-state index contributed by atoms with van der Waals surface area (Å²) in [6.07, 6.45) is 2.68. The lowest BCUT2D eigenvalue weighted by Gasteiger charge is -2.27. The predicted molar refractivity (Wildman–Crippen MR) is 95.9 cm³/mol. The first-order chi connectivity index (χ1) is 11.8. The van der Waals surface area contributed by atoms with Crippen molar-refractivity contribution >= 4 is 17.8 Å². The van der Waals surface area contributed by atoms with Crippen molar-refractivity contribution in [1.29, 1.82) is 5.41 Å². The molecule has 0 spiro atoms. The van der Waals surface area contributed by atoms with Crippen LogP contribution in [-0.2, 0) is 14.3 Å². The molecule has 1 fully saturated rings. The molecule has 8 N–H and O–H groups in total. The molecular weight excluding hydrogens is 324 g/mol. The normalized spacial score (nSPS) is 19.8. The minimum absolute atomic E-state index is 0.0976. The van der Waals surface area contributed by atoms with E-state index in [0.29, 0.717) is 25.9 Å². The van der Waals surface area contributed by atoms with Crippen LogP contribution in [0.1, 0.15) is 39.5 Å². The highest BCUT2D eigenvalue weighted by atomic mass is 16.5. The van der Waals surface area contributed by atoms with Crippen LogP contribution >= 0.6 is 0 Å². The van der Waals surface area contributed by atoms with E-state index in [4.69, 9.17) is 21.6 Å². The summed E-state index contributed by atoms with van der Waals surface area (Å²) in [4.78, 5) is 24.6. The van der Waals surface area contributed by atoms with Crippen molar-refractivity contribution in [2.75, 3.05) is 19.6 Å². The fourth-order valence-corrected chi connectivity index (χ4v) is 2.59. The van der Waals surface area contributed by atoms with E-state index in [0.717, 1.165) is 19.4 Å². The van der Waals surface area contributed by atoms with Crippen molar-refractivity contribution in [3.63, 3.8) is 0 Å². The van der Waals surface area contributed by atoms with Crippen LogP contribution < -0.4 is 27.4 Å². The van der Waals surface area contributed by atoms with E-state index in [2.05, 4.69) is 16.0 Å². The van der Waals surface area contributed by atoms with Crippen molar-refractivity contribution < 1.29 is 14.3 Å². The predicted octanol–water partition coefficient (Wildman–Crippen LogP) is -0.987. The second-order valence-corrected chi connectivity index (χ2v) is 6.72. The Kier molecular flexibility index (Phi) is 9.22. The van der Waals surface area contributed by atoms with Gasteiger partial charge in [-0.15, -0.1) is 0 Å². The molecule has 25 heavy (non-hydrogen) atoms. The third-order valence-corrected chi connectivity index (χ3v) is 4.10. The van der Waals surface area contributed by atoms with Crippen LogP contribution in [0.5, 0.6) is 0 Å². The molecule has 1 rings (SSSR count). The Labute approximate surface area is 149 Å². The SMILES string of the molecule is CC(C)C(NC(=O)[C@@H](N)CCCNC(=N)N)C(=O)OC1CCCNC1. The monoisotopic (exact) mass is 356 g/mol. The molecule has 144 valence electrons. The molecule has 0 aromatic heterocycles. The summed E-state index contributed by atoms with van der Waals surface area (Å²) in [5.74, 6) is -1.000. The first-order valence-electron chi connectivity index (χ1n) is 8.86. The minimum Gasteiger partial charge on any atom is -0.459 e. The number of amides is 1. The van der Waals surface area contributed by atoms with E-state index in [9.17, 15) is 9.59 Å². The molecule has 2 unspecified atom stereocenters. The highest BCUT2D eigenvalue weighted by molar-refractivity contribution is 5.87. The van der Waals surface area contributed by atoms with Gasteiger partial charge < -0.3 is 32.2 Å². The molecule has 1 amide bonds. The van der Waals surface area contributed by atoms with Gasteiger partial charge in [0.2, 0.25) is 5.91 Å². The number of carbonyl (C=O) groups excluding carboxylic acids is 2. The van der Waals surface area contributed by atoms with Crippen molar-refractivity contribution in [2.24, 2.45) is 17.4 Å². The van der Waals surface area contributed by atoms with Crippen LogP contribution in [-0.4, -0.2) is 55.7 Å². The maximum atomic E-state index is 12.4. The number of ether oxygens (including phenoxy) is 1. The Morgan fingerprint density at radius 1 is 1.40 bits per heavy atom. The summed E-state index contributed by atoms with van der Waals surface area (Å²) in [5.41, 5.74) is 11.1. The molecule has 0 saturated carbocycles. The average Bonchev–Trinajstić information content (AvgIpc) is 2.56. The zero-order chi connectivity index (χ0) is 18.8. The molecule has 0 aliphatic carbocycles. The number of rotatable bonds is 9. The quantitative estimate of drug-likeness (QED) is 0.134. The molecule has 0 aromatic rings. The number of nitrogens with one attached hydrogen (secondary N) is 4. The van der Waals surface area contributed by atoms with Crippen LogP contribution in [0.15, 0.2) is 0 Å². The average molecular weight is 356 g/mol. The topological polar surface area (TPSA) is 155 Å². The summed E-state index contributed by atoms with van der Waals surface area (Å²) >= 11 is 0. The first kappa shape index (κ1) is 21.2. The van der Waals surface area contributed by atoms with Crippen LogP contribution in [0.2, 0.25) is 0 Å². The van der Waals surface area contributed by atoms with Crippen molar-refractivity contribution in [2.45, 2.75) is 57.7 Å². The van der Waals surface area contributed by atoms with Crippen molar-refractivity contribution in [3.8, 4) is 0 Å². The van der Waals surface area contributed by atoms with E-state index in [1.807, 2.05) is 13.8 Å². The lowest BCUT2D eigenvalue weighted by Crippen LogP contribution is -2.52. The highest BCUT2D eigenvalue weighted by Gasteiger charge is 2.29. The van der Waals surface area contributed by atoms with Gasteiger partial charge in [0.05, 0.1) is 6.04 Å². The summed E-state index contributed by atoms with van der Waals surface area (Å²) in [7, 11) is 0. The van der Waals surface area contributed by atoms with Crippen LogP contribution in [0, 0.1) is 11.3 Å². The number of hydrogen-bond acceptors (Lipinski definition) is 6. The zero-order valence-corrected chi connectivity index (χ0v) is 15.1. The molecule has 1 heterocycles. The molecular formula is C16H32N6O3. The molecule has 1 aliphatic rings. The lowest BCUT2D eigenvalue weighted by atomic mass is 10.0. The number of guanidine groups is 1. The molecule has 0 radical (unpaired) electrons. The van der Waals surface area contributed by atoms with Gasteiger partial charge >= 0.3 is 5.97 Å². The summed E-state index contributed by atoms with van der Waals surface area (Å²) in [6, 6.07) is -1.44. The van der Waals surface area contributed by atoms with E-state index in [-0.39, 0.29) is 23.9 Å². The molecule has 0 aromatic carbocycles. The maximum Gasteiger partial charge on any atom is 0.329 e. The molecule has 0 bridgehead atoms. The summed E-state index contributed by atoms with van der Waals surface area (Å²) in [6.45, 7) is 5.76. The van der Waals surface area contributed by atoms with Crippen LogP contribution in [0.4, 0.5) is 0 Å². The second-order valence-electron chi connectivity index (χ2n) is 6.72. The molecule has 1 aliphatic heterocycles. The van der Waals surface area contributed by atoms with Gasteiger partial charge in [0.1, 0.15) is 12.1 Å². The zero-order valence-electron chi connectivity index (χ0n) is 15.1. The number of nitrogens with two attached hydrogens (primary N) is 2. The van der Waals surface area contributed by atoms with E-state index >= 15 is 0 Å². The molecule has 9 nitrogen and oxygen atoms in total. The third-order valence-electron chi connectivity index (χ3n) is 4.10. The Morgan fingerprint density at radius 3 is 2.68 bits per heavy atom. The minimum atomic E-state index is -0.723. The van der Waals surface area contributed by atoms with Gasteiger partial charge in [0, 0.05) is 13.1 Å². The smallest absolute Gasteiger partial charge is 0.329 e. The third kappa shape index (κ3) is 8.17. The largest absolute Gasteiger partial charge is 0.459 e. The van der Waals surface area contributed by atoms with E-state index < -0.39 is 18.1 Å². The van der Waals surface area contributed by atoms with Gasteiger partial charge in [-0.2, -0.15) is 0 Å². The van der Waals surface area contributed by atoms with E-state index in [1.165, 1.54) is 0 Å². The summed E-state index contributed by atoms with van der Waals surface area (Å²) < 4.78 is 5.52. The van der Waals surface area contributed by atoms with E-state index in [1.54, 1.807) is 0 Å². The molecule has 1 saturated heterocycles. The van der Waals surface area contributed by atoms with Crippen LogP contribution in [0.25, 0.3) is 0 Å². The number of piperidine rings is 1. The standard InChI is InChI=1S/C16H32N6O3/c1-10(2)13(15(24)25-11-5-3-7-20-9-11)22-14(23)12(17)6-4-8-21-16(18)19/h10-13,20H,3-9,17H2,1-2H3,(H,22,23)(H4,18,19,21)/t11?,12-,13?/m0/s1. The van der Waals surface area contributed by atoms with Gasteiger partial charge in [-0.25, -0.2) is 4.79 Å². The van der Waals surface area contributed by atoms with Gasteiger partial charge in [-0.05, 0) is 38.1 Å². The lowest BCUT2D eigenvalue weighted by molar-refractivity contribution is -0.155. The second kappa shape index (κ2) is 10.9. The Morgan fingerprint density at radius 2 is 2.12 bits per heavy atom. The number of esters is 1. The van der Waals surface area contributed by atoms with Gasteiger partial charge in [-0.1, -0.05) is 13.8 Å². The fraction of sp³-hybridized carbons (Fsp3) is 0.812. The first-order valence-corrected chi connectivity index (χ1v) is 8.86. The van der Waals surface area contributed by atoms with Gasteiger partial charge in [-0.3, -0.25) is 10.2 Å².